The van der Waals surface area contributed by atoms with Crippen LogP contribution in [-0.2, 0) is 4.74 Å². The van der Waals surface area contributed by atoms with E-state index in [0.717, 1.165) is 18.7 Å². The van der Waals surface area contributed by atoms with Crippen LogP contribution in [0, 0.1) is 0 Å². The lowest BCUT2D eigenvalue weighted by atomic mass is 10.1. The van der Waals surface area contributed by atoms with Crippen molar-refractivity contribution >= 4 is 5.95 Å². The Morgan fingerprint density at radius 3 is 2.65 bits per heavy atom. The monoisotopic (exact) mass is 236 g/mol. The minimum Gasteiger partial charge on any atom is -0.371 e. The summed E-state index contributed by atoms with van der Waals surface area (Å²) in [5.41, 5.74) is 5.74. The molecular formula is C12H20N4O. The second-order valence-corrected chi connectivity index (χ2v) is 4.49. The first-order valence-electron chi connectivity index (χ1n) is 6.33. The van der Waals surface area contributed by atoms with Crippen molar-refractivity contribution < 1.29 is 4.74 Å². The van der Waals surface area contributed by atoms with Gasteiger partial charge in [0.25, 0.3) is 0 Å². The van der Waals surface area contributed by atoms with E-state index in [9.17, 15) is 0 Å². The van der Waals surface area contributed by atoms with Crippen molar-refractivity contribution in [3.8, 4) is 0 Å². The molecule has 5 heteroatoms. The van der Waals surface area contributed by atoms with E-state index < -0.39 is 0 Å². The fourth-order valence-electron chi connectivity index (χ4n) is 2.30. The maximum Gasteiger partial charge on any atom is 0.223 e. The van der Waals surface area contributed by atoms with Crippen LogP contribution in [0.1, 0.15) is 63.2 Å². The molecule has 1 fully saturated rings. The lowest BCUT2D eigenvalue weighted by Crippen LogP contribution is -2.13. The standard InChI is InChI=1S/C12H20N4O/c1-3-17-8(2)10-14-11(16-12(13)15-10)9-6-4-5-7-9/h8-9H,3-7H2,1-2H3,(H2,13,14,15,16). The third-order valence-electron chi connectivity index (χ3n) is 3.19. The average molecular weight is 236 g/mol. The number of ether oxygens (including phenoxy) is 1. The minimum absolute atomic E-state index is 0.120. The summed E-state index contributed by atoms with van der Waals surface area (Å²) >= 11 is 0. The number of anilines is 1. The quantitative estimate of drug-likeness (QED) is 0.867. The van der Waals surface area contributed by atoms with Crippen LogP contribution in [0.25, 0.3) is 0 Å². The van der Waals surface area contributed by atoms with Crippen molar-refractivity contribution in [1.82, 2.24) is 15.0 Å². The smallest absolute Gasteiger partial charge is 0.223 e. The molecule has 0 amide bonds. The van der Waals surface area contributed by atoms with Gasteiger partial charge in [0, 0.05) is 12.5 Å². The van der Waals surface area contributed by atoms with Crippen LogP contribution in [0.4, 0.5) is 5.95 Å². The molecule has 1 unspecified atom stereocenters. The maximum atomic E-state index is 5.74. The van der Waals surface area contributed by atoms with Gasteiger partial charge in [0.15, 0.2) is 5.82 Å². The highest BCUT2D eigenvalue weighted by molar-refractivity contribution is 5.18. The summed E-state index contributed by atoms with van der Waals surface area (Å²) in [6.45, 7) is 4.54. The largest absolute Gasteiger partial charge is 0.371 e. The van der Waals surface area contributed by atoms with E-state index in [2.05, 4.69) is 15.0 Å². The Morgan fingerprint density at radius 1 is 1.29 bits per heavy atom. The van der Waals surface area contributed by atoms with Gasteiger partial charge in [-0.1, -0.05) is 12.8 Å². The van der Waals surface area contributed by atoms with Crippen molar-refractivity contribution in [3.63, 3.8) is 0 Å². The predicted molar refractivity (Wildman–Crippen MR) is 65.5 cm³/mol. The van der Waals surface area contributed by atoms with E-state index in [1.54, 1.807) is 0 Å². The zero-order valence-electron chi connectivity index (χ0n) is 10.5. The van der Waals surface area contributed by atoms with E-state index in [1.807, 2.05) is 13.8 Å². The van der Waals surface area contributed by atoms with Gasteiger partial charge in [-0.05, 0) is 26.7 Å². The molecular weight excluding hydrogens is 216 g/mol. The van der Waals surface area contributed by atoms with E-state index >= 15 is 0 Å². The van der Waals surface area contributed by atoms with Gasteiger partial charge in [0.2, 0.25) is 5.95 Å². The van der Waals surface area contributed by atoms with Gasteiger partial charge in [-0.25, -0.2) is 4.98 Å². The zero-order valence-corrected chi connectivity index (χ0v) is 10.5. The fourth-order valence-corrected chi connectivity index (χ4v) is 2.30. The summed E-state index contributed by atoms with van der Waals surface area (Å²) in [5, 5.41) is 0. The summed E-state index contributed by atoms with van der Waals surface area (Å²) < 4.78 is 5.49. The zero-order chi connectivity index (χ0) is 12.3. The fraction of sp³-hybridized carbons (Fsp3) is 0.750. The number of hydrogen-bond acceptors (Lipinski definition) is 5. The van der Waals surface area contributed by atoms with Gasteiger partial charge in [-0.15, -0.1) is 0 Å². The molecule has 1 aromatic heterocycles. The summed E-state index contributed by atoms with van der Waals surface area (Å²) in [4.78, 5) is 12.9. The third kappa shape index (κ3) is 2.91. The molecule has 1 saturated carbocycles. The molecule has 17 heavy (non-hydrogen) atoms. The van der Waals surface area contributed by atoms with E-state index in [4.69, 9.17) is 10.5 Å². The predicted octanol–water partition coefficient (Wildman–Crippen LogP) is 2.21. The Labute approximate surface area is 102 Å². The molecule has 0 radical (unpaired) electrons. The first kappa shape index (κ1) is 12.2. The second-order valence-electron chi connectivity index (χ2n) is 4.49. The van der Waals surface area contributed by atoms with E-state index in [-0.39, 0.29) is 6.10 Å². The van der Waals surface area contributed by atoms with Crippen LogP contribution in [0.15, 0.2) is 0 Å². The summed E-state index contributed by atoms with van der Waals surface area (Å²) in [6.07, 6.45) is 4.71. The number of nitrogens with zero attached hydrogens (tertiary/aromatic N) is 3. The molecule has 0 bridgehead atoms. The molecule has 1 atom stereocenters. The van der Waals surface area contributed by atoms with Gasteiger partial charge >= 0.3 is 0 Å². The van der Waals surface area contributed by atoms with Crippen molar-refractivity contribution in [1.29, 1.82) is 0 Å². The van der Waals surface area contributed by atoms with Crippen LogP contribution in [-0.4, -0.2) is 21.6 Å². The first-order chi connectivity index (χ1) is 8.20. The highest BCUT2D eigenvalue weighted by Crippen LogP contribution is 2.32. The molecule has 5 nitrogen and oxygen atoms in total. The van der Waals surface area contributed by atoms with Crippen LogP contribution < -0.4 is 5.73 Å². The number of nitrogens with two attached hydrogens (primary N) is 1. The number of rotatable bonds is 4. The van der Waals surface area contributed by atoms with E-state index in [1.165, 1.54) is 12.8 Å². The van der Waals surface area contributed by atoms with E-state index in [0.29, 0.717) is 24.3 Å². The Bertz CT molecular complexity index is 377. The molecule has 1 aromatic rings. The third-order valence-corrected chi connectivity index (χ3v) is 3.19. The lowest BCUT2D eigenvalue weighted by Gasteiger charge is -2.13. The molecule has 1 heterocycles. The van der Waals surface area contributed by atoms with Crippen molar-refractivity contribution in [2.45, 2.75) is 51.6 Å². The Morgan fingerprint density at radius 2 is 2.00 bits per heavy atom. The second kappa shape index (κ2) is 5.40. The van der Waals surface area contributed by atoms with Crippen molar-refractivity contribution in [2.24, 2.45) is 0 Å². The van der Waals surface area contributed by atoms with Crippen molar-refractivity contribution in [2.75, 3.05) is 12.3 Å². The van der Waals surface area contributed by atoms with Gasteiger partial charge in [-0.3, -0.25) is 0 Å². The highest BCUT2D eigenvalue weighted by Gasteiger charge is 2.22. The molecule has 1 aliphatic rings. The van der Waals surface area contributed by atoms with Crippen LogP contribution in [0.5, 0.6) is 0 Å². The van der Waals surface area contributed by atoms with Crippen LogP contribution >= 0.6 is 0 Å². The first-order valence-corrected chi connectivity index (χ1v) is 6.33. The molecule has 0 aromatic carbocycles. The topological polar surface area (TPSA) is 73.9 Å². The molecule has 1 aliphatic carbocycles. The maximum absolute atomic E-state index is 5.74. The summed E-state index contributed by atoms with van der Waals surface area (Å²) in [6, 6.07) is 0. The number of aromatic nitrogens is 3. The Balaban J connectivity index is 2.22. The Kier molecular flexibility index (Phi) is 3.89. The average Bonchev–Trinajstić information content (AvgIpc) is 2.82. The molecule has 2 rings (SSSR count). The van der Waals surface area contributed by atoms with Gasteiger partial charge < -0.3 is 10.5 Å². The van der Waals surface area contributed by atoms with Gasteiger partial charge in [-0.2, -0.15) is 9.97 Å². The SMILES string of the molecule is CCOC(C)c1nc(N)nc(C2CCCC2)n1. The Hall–Kier alpha value is -1.23. The number of hydrogen-bond donors (Lipinski definition) is 1. The number of nitrogen functional groups attached to an aromatic ring is 1. The normalized spacial score (nSPS) is 18.5. The molecule has 0 aliphatic heterocycles. The molecule has 0 spiro atoms. The summed E-state index contributed by atoms with van der Waals surface area (Å²) in [5.74, 6) is 2.26. The highest BCUT2D eigenvalue weighted by atomic mass is 16.5. The van der Waals surface area contributed by atoms with Gasteiger partial charge in [0.1, 0.15) is 11.9 Å². The minimum atomic E-state index is -0.120. The lowest BCUT2D eigenvalue weighted by molar-refractivity contribution is 0.0697. The molecule has 2 N–H and O–H groups in total. The van der Waals surface area contributed by atoms with Crippen LogP contribution in [0.3, 0.4) is 0 Å². The molecule has 94 valence electrons. The van der Waals surface area contributed by atoms with Crippen LogP contribution in [0.2, 0.25) is 0 Å². The van der Waals surface area contributed by atoms with Gasteiger partial charge in [0.05, 0.1) is 0 Å². The summed E-state index contributed by atoms with van der Waals surface area (Å²) in [7, 11) is 0. The van der Waals surface area contributed by atoms with Crippen molar-refractivity contribution in [3.05, 3.63) is 11.6 Å². The molecule has 0 saturated heterocycles.